The van der Waals surface area contributed by atoms with Gasteiger partial charge in [0.05, 0.1) is 5.69 Å². The molecule has 1 heterocycles. The highest BCUT2D eigenvalue weighted by molar-refractivity contribution is 6.31. The van der Waals surface area contributed by atoms with E-state index in [0.717, 1.165) is 36.3 Å². The van der Waals surface area contributed by atoms with Gasteiger partial charge in [-0.25, -0.2) is 0 Å². The first-order valence-corrected chi connectivity index (χ1v) is 8.13. The molecule has 3 rings (SSSR count). The molecular weight excluding hydrogens is 310 g/mol. The topological polar surface area (TPSA) is 51.7 Å². The zero-order chi connectivity index (χ0) is 16.1. The third kappa shape index (κ3) is 3.94. The number of anilines is 1. The SMILES string of the molecule is CCCCN=C1C=C(Cl)NN(Nc2cccc3ccccc23)N1. The molecule has 5 nitrogen and oxygen atoms in total. The number of halogens is 1. The largest absolute Gasteiger partial charge is 0.282 e. The van der Waals surface area contributed by atoms with Gasteiger partial charge < -0.3 is 0 Å². The summed E-state index contributed by atoms with van der Waals surface area (Å²) >= 11 is 6.15. The van der Waals surface area contributed by atoms with E-state index in [4.69, 9.17) is 11.6 Å². The monoisotopic (exact) mass is 329 g/mol. The molecule has 2 aromatic rings. The third-order valence-electron chi connectivity index (χ3n) is 3.52. The Hall–Kier alpha value is -2.24. The number of amidine groups is 1. The lowest BCUT2D eigenvalue weighted by Gasteiger charge is -2.29. The van der Waals surface area contributed by atoms with Gasteiger partial charge in [0.25, 0.3) is 0 Å². The van der Waals surface area contributed by atoms with Crippen molar-refractivity contribution < 1.29 is 0 Å². The minimum atomic E-state index is 0.506. The first kappa shape index (κ1) is 15.6. The van der Waals surface area contributed by atoms with Crippen LogP contribution in [0.4, 0.5) is 5.69 Å². The lowest BCUT2D eigenvalue weighted by molar-refractivity contribution is 0.222. The molecule has 0 fully saturated rings. The second-order valence-corrected chi connectivity index (χ2v) is 5.72. The Bertz CT molecular complexity index is 735. The van der Waals surface area contributed by atoms with Gasteiger partial charge in [0.15, 0.2) is 0 Å². The lowest BCUT2D eigenvalue weighted by atomic mass is 10.1. The molecule has 0 spiro atoms. The van der Waals surface area contributed by atoms with Gasteiger partial charge in [-0.15, -0.1) is 0 Å². The van der Waals surface area contributed by atoms with Crippen LogP contribution in [0.3, 0.4) is 0 Å². The van der Waals surface area contributed by atoms with E-state index in [0.29, 0.717) is 5.16 Å². The summed E-state index contributed by atoms with van der Waals surface area (Å²) in [5, 5.41) is 4.43. The van der Waals surface area contributed by atoms with Gasteiger partial charge in [-0.05, 0) is 23.1 Å². The van der Waals surface area contributed by atoms with Crippen LogP contribution >= 0.6 is 11.6 Å². The van der Waals surface area contributed by atoms with Crippen molar-refractivity contribution in [3.8, 4) is 0 Å². The molecule has 0 amide bonds. The Morgan fingerprint density at radius 2 is 1.96 bits per heavy atom. The molecule has 1 aliphatic heterocycles. The van der Waals surface area contributed by atoms with Crippen molar-refractivity contribution >= 4 is 33.9 Å². The molecule has 3 N–H and O–H groups in total. The van der Waals surface area contributed by atoms with E-state index >= 15 is 0 Å². The first-order chi connectivity index (χ1) is 11.3. The van der Waals surface area contributed by atoms with Crippen LogP contribution in [0.2, 0.25) is 0 Å². The minimum Gasteiger partial charge on any atom is -0.282 e. The van der Waals surface area contributed by atoms with Crippen LogP contribution < -0.4 is 16.3 Å². The zero-order valence-corrected chi connectivity index (χ0v) is 13.8. The number of benzene rings is 2. The predicted octanol–water partition coefficient (Wildman–Crippen LogP) is 3.77. The fourth-order valence-corrected chi connectivity index (χ4v) is 2.56. The highest BCUT2D eigenvalue weighted by atomic mass is 35.5. The van der Waals surface area contributed by atoms with Crippen LogP contribution in [0.15, 0.2) is 58.7 Å². The maximum Gasteiger partial charge on any atom is 0.141 e. The van der Waals surface area contributed by atoms with Gasteiger partial charge in [0.2, 0.25) is 0 Å². The van der Waals surface area contributed by atoms with Crippen molar-refractivity contribution in [2.45, 2.75) is 19.8 Å². The smallest absolute Gasteiger partial charge is 0.141 e. The summed E-state index contributed by atoms with van der Waals surface area (Å²) in [5.41, 5.74) is 10.4. The molecule has 0 unspecified atom stereocenters. The highest BCUT2D eigenvalue weighted by Gasteiger charge is 2.14. The van der Waals surface area contributed by atoms with Gasteiger partial charge in [0, 0.05) is 18.0 Å². The molecule has 0 radical (unpaired) electrons. The molecule has 2 aromatic carbocycles. The fourth-order valence-electron chi connectivity index (χ4n) is 2.37. The summed E-state index contributed by atoms with van der Waals surface area (Å²) in [6, 6.07) is 14.3. The molecule has 0 saturated heterocycles. The molecule has 1 aliphatic rings. The number of nitrogens with zero attached hydrogens (tertiary/aromatic N) is 2. The Balaban J connectivity index is 1.77. The summed E-state index contributed by atoms with van der Waals surface area (Å²) in [4.78, 5) is 4.50. The average molecular weight is 330 g/mol. The molecule has 23 heavy (non-hydrogen) atoms. The number of fused-ring (bicyclic) bond motifs is 1. The van der Waals surface area contributed by atoms with E-state index in [1.165, 1.54) is 5.39 Å². The Morgan fingerprint density at radius 1 is 1.13 bits per heavy atom. The number of hydrazine groups is 3. The van der Waals surface area contributed by atoms with Gasteiger partial charge >= 0.3 is 0 Å². The van der Waals surface area contributed by atoms with E-state index in [9.17, 15) is 0 Å². The first-order valence-electron chi connectivity index (χ1n) is 7.76. The quantitative estimate of drug-likeness (QED) is 0.577. The van der Waals surface area contributed by atoms with Gasteiger partial charge in [-0.1, -0.05) is 61.3 Å². The van der Waals surface area contributed by atoms with E-state index in [2.05, 4.69) is 46.4 Å². The van der Waals surface area contributed by atoms with Crippen molar-refractivity contribution in [3.63, 3.8) is 0 Å². The fraction of sp³-hybridized carbons (Fsp3) is 0.235. The second-order valence-electron chi connectivity index (χ2n) is 5.31. The van der Waals surface area contributed by atoms with Crippen molar-refractivity contribution in [1.82, 2.24) is 16.1 Å². The molecule has 0 saturated carbocycles. The van der Waals surface area contributed by atoms with Crippen molar-refractivity contribution in [2.75, 3.05) is 12.0 Å². The highest BCUT2D eigenvalue weighted by Crippen LogP contribution is 2.23. The van der Waals surface area contributed by atoms with Crippen LogP contribution in [0, 0.1) is 0 Å². The summed E-state index contributed by atoms with van der Waals surface area (Å²) in [6.45, 7) is 2.93. The maximum atomic E-state index is 6.15. The molecular formula is C17H20ClN5. The minimum absolute atomic E-state index is 0.506. The van der Waals surface area contributed by atoms with Crippen LogP contribution in [0.1, 0.15) is 19.8 Å². The number of nitrogens with one attached hydrogen (secondary N) is 3. The summed E-state index contributed by atoms with van der Waals surface area (Å²) in [5.74, 6) is 0.731. The maximum absolute atomic E-state index is 6.15. The van der Waals surface area contributed by atoms with Gasteiger partial charge in [0.1, 0.15) is 11.0 Å². The molecule has 6 heteroatoms. The van der Waals surface area contributed by atoms with Crippen molar-refractivity contribution in [2.24, 2.45) is 4.99 Å². The predicted molar refractivity (Wildman–Crippen MR) is 96.8 cm³/mol. The summed E-state index contributed by atoms with van der Waals surface area (Å²) < 4.78 is 0. The van der Waals surface area contributed by atoms with Gasteiger partial charge in [-0.3, -0.25) is 21.3 Å². The second kappa shape index (κ2) is 7.35. The lowest BCUT2D eigenvalue weighted by Crippen LogP contribution is -2.55. The number of hydrogen-bond donors (Lipinski definition) is 3. The van der Waals surface area contributed by atoms with E-state index in [-0.39, 0.29) is 0 Å². The Labute approximate surface area is 140 Å². The zero-order valence-electron chi connectivity index (χ0n) is 13.0. The molecule has 0 aliphatic carbocycles. The number of hydrogen-bond acceptors (Lipinski definition) is 4. The third-order valence-corrected chi connectivity index (χ3v) is 3.72. The summed E-state index contributed by atoms with van der Waals surface area (Å²) in [7, 11) is 0. The molecule has 0 atom stereocenters. The van der Waals surface area contributed by atoms with Crippen LogP contribution in [0.25, 0.3) is 10.8 Å². The Morgan fingerprint density at radius 3 is 2.83 bits per heavy atom. The molecule has 120 valence electrons. The number of rotatable bonds is 5. The molecule has 0 aromatic heterocycles. The number of unbranched alkanes of at least 4 members (excludes halogenated alkanes) is 1. The molecule has 0 bridgehead atoms. The summed E-state index contributed by atoms with van der Waals surface area (Å²) in [6.07, 6.45) is 3.95. The normalized spacial score (nSPS) is 16.8. The van der Waals surface area contributed by atoms with E-state index in [1.54, 1.807) is 11.3 Å². The standard InChI is InChI=1S/C17H20ClN5/c1-2-3-11-19-17-12-16(18)21-23(22-17)20-15-10-6-8-13-7-4-5-9-14(13)15/h4-10,12,20-21H,2-3,11H2,1H3,(H,19,22). The van der Waals surface area contributed by atoms with E-state index in [1.807, 2.05) is 24.3 Å². The van der Waals surface area contributed by atoms with Crippen LogP contribution in [-0.4, -0.2) is 17.6 Å². The number of aliphatic imine (C=N–C) groups is 1. The van der Waals surface area contributed by atoms with E-state index < -0.39 is 0 Å². The van der Waals surface area contributed by atoms with Crippen LogP contribution in [-0.2, 0) is 0 Å². The van der Waals surface area contributed by atoms with Gasteiger partial charge in [-0.2, -0.15) is 0 Å². The van der Waals surface area contributed by atoms with Crippen molar-refractivity contribution in [1.29, 1.82) is 0 Å². The Kier molecular flexibility index (Phi) is 5.00. The van der Waals surface area contributed by atoms with Crippen molar-refractivity contribution in [3.05, 3.63) is 53.7 Å². The average Bonchev–Trinajstić information content (AvgIpc) is 2.55. The van der Waals surface area contributed by atoms with Crippen LogP contribution in [0.5, 0.6) is 0 Å².